The molecule has 0 radical (unpaired) electrons. The molecule has 1 saturated heterocycles. The lowest BCUT2D eigenvalue weighted by Crippen LogP contribution is -2.42. The molecule has 22 heavy (non-hydrogen) atoms. The van der Waals surface area contributed by atoms with Crippen LogP contribution >= 0.6 is 12.4 Å². The number of carbonyl (C=O) groups is 1. The van der Waals surface area contributed by atoms with E-state index >= 15 is 0 Å². The summed E-state index contributed by atoms with van der Waals surface area (Å²) < 4.78 is 1.62. The third kappa shape index (κ3) is 3.84. The minimum absolute atomic E-state index is 0. The zero-order valence-corrected chi connectivity index (χ0v) is 13.3. The minimum atomic E-state index is -0.153. The molecule has 2 aromatic rings. The summed E-state index contributed by atoms with van der Waals surface area (Å²) in [6, 6.07) is 8.15. The van der Waals surface area contributed by atoms with Crippen molar-refractivity contribution < 1.29 is 4.79 Å². The number of aryl methyl sites for hydroxylation is 1. The van der Waals surface area contributed by atoms with Crippen molar-refractivity contribution in [1.82, 2.24) is 25.6 Å². The molecule has 0 unspecified atom stereocenters. The van der Waals surface area contributed by atoms with Gasteiger partial charge in [-0.2, -0.15) is 0 Å². The van der Waals surface area contributed by atoms with Gasteiger partial charge in [0.15, 0.2) is 5.69 Å². The fourth-order valence-corrected chi connectivity index (χ4v) is 2.42. The molecule has 3 rings (SSSR count). The van der Waals surface area contributed by atoms with Crippen LogP contribution in [0, 0.1) is 6.92 Å². The average molecular weight is 322 g/mol. The highest BCUT2D eigenvalue weighted by Gasteiger charge is 2.18. The third-order valence-corrected chi connectivity index (χ3v) is 3.70. The fraction of sp³-hybridized carbons (Fsp3) is 0.400. The number of hydrogen-bond acceptors (Lipinski definition) is 4. The molecule has 0 spiro atoms. The Balaban J connectivity index is 0.00000176. The highest BCUT2D eigenvalue weighted by atomic mass is 35.5. The van der Waals surface area contributed by atoms with Crippen LogP contribution in [0.2, 0.25) is 0 Å². The maximum Gasteiger partial charge on any atom is 0.273 e. The summed E-state index contributed by atoms with van der Waals surface area (Å²) in [5.41, 5.74) is 2.44. The predicted octanol–water partition coefficient (Wildman–Crippen LogP) is 1.48. The molecule has 118 valence electrons. The smallest absolute Gasteiger partial charge is 0.273 e. The van der Waals surface area contributed by atoms with Gasteiger partial charge in [-0.15, -0.1) is 17.5 Å². The molecule has 1 aliphatic rings. The van der Waals surface area contributed by atoms with Crippen LogP contribution in [0.15, 0.2) is 30.5 Å². The number of aromatic nitrogens is 3. The van der Waals surface area contributed by atoms with Gasteiger partial charge in [0.2, 0.25) is 0 Å². The highest BCUT2D eigenvalue weighted by Crippen LogP contribution is 2.09. The lowest BCUT2D eigenvalue weighted by atomic mass is 10.1. The zero-order chi connectivity index (χ0) is 14.7. The summed E-state index contributed by atoms with van der Waals surface area (Å²) in [7, 11) is 0. The number of hydrogen-bond donors (Lipinski definition) is 2. The van der Waals surface area contributed by atoms with Gasteiger partial charge in [0.25, 0.3) is 5.91 Å². The number of benzene rings is 1. The number of nitrogens with one attached hydrogen (secondary N) is 2. The molecule has 1 amide bonds. The number of halogens is 1. The van der Waals surface area contributed by atoms with Crippen LogP contribution < -0.4 is 10.6 Å². The van der Waals surface area contributed by atoms with Crippen molar-refractivity contribution in [3.63, 3.8) is 0 Å². The van der Waals surface area contributed by atoms with E-state index in [1.165, 1.54) is 5.56 Å². The predicted molar refractivity (Wildman–Crippen MR) is 86.7 cm³/mol. The van der Waals surface area contributed by atoms with E-state index in [-0.39, 0.29) is 24.4 Å². The van der Waals surface area contributed by atoms with Gasteiger partial charge in [0.05, 0.1) is 11.9 Å². The largest absolute Gasteiger partial charge is 0.348 e. The van der Waals surface area contributed by atoms with Crippen molar-refractivity contribution in [3.05, 3.63) is 41.7 Å². The molecular weight excluding hydrogens is 302 g/mol. The first-order valence-corrected chi connectivity index (χ1v) is 7.23. The highest BCUT2D eigenvalue weighted by molar-refractivity contribution is 5.92. The van der Waals surface area contributed by atoms with E-state index in [0.717, 1.165) is 31.6 Å². The molecule has 0 saturated carbocycles. The van der Waals surface area contributed by atoms with Gasteiger partial charge in [0.1, 0.15) is 0 Å². The Morgan fingerprint density at radius 2 is 1.95 bits per heavy atom. The van der Waals surface area contributed by atoms with E-state index in [1.807, 2.05) is 31.2 Å². The number of amides is 1. The molecule has 1 aliphatic heterocycles. The van der Waals surface area contributed by atoms with Crippen molar-refractivity contribution >= 4 is 18.3 Å². The number of nitrogens with zero attached hydrogens (tertiary/aromatic N) is 3. The van der Waals surface area contributed by atoms with Gasteiger partial charge in [-0.25, -0.2) is 4.68 Å². The summed E-state index contributed by atoms with van der Waals surface area (Å²) in [6.07, 6.45) is 3.58. The average Bonchev–Trinajstić information content (AvgIpc) is 2.99. The van der Waals surface area contributed by atoms with Crippen molar-refractivity contribution in [1.29, 1.82) is 0 Å². The topological polar surface area (TPSA) is 71.8 Å². The van der Waals surface area contributed by atoms with E-state index in [2.05, 4.69) is 20.9 Å². The SMILES string of the molecule is Cc1ccc(-n2cc(C(=O)NC3CCNCC3)nn2)cc1.Cl. The maximum absolute atomic E-state index is 12.2. The molecule has 1 aromatic heterocycles. The molecular formula is C15H20ClN5O. The zero-order valence-electron chi connectivity index (χ0n) is 12.5. The monoisotopic (exact) mass is 321 g/mol. The van der Waals surface area contributed by atoms with Crippen molar-refractivity contribution in [2.75, 3.05) is 13.1 Å². The van der Waals surface area contributed by atoms with Crippen LogP contribution in [-0.4, -0.2) is 40.0 Å². The van der Waals surface area contributed by atoms with Crippen LogP contribution in [0.5, 0.6) is 0 Å². The van der Waals surface area contributed by atoms with Gasteiger partial charge >= 0.3 is 0 Å². The molecule has 1 aromatic carbocycles. The summed E-state index contributed by atoms with van der Waals surface area (Å²) in [5.74, 6) is -0.153. The van der Waals surface area contributed by atoms with Gasteiger partial charge in [0, 0.05) is 6.04 Å². The van der Waals surface area contributed by atoms with E-state index < -0.39 is 0 Å². The van der Waals surface area contributed by atoms with Gasteiger partial charge in [-0.1, -0.05) is 22.9 Å². The van der Waals surface area contributed by atoms with Crippen molar-refractivity contribution in [3.8, 4) is 5.69 Å². The maximum atomic E-state index is 12.2. The molecule has 0 aliphatic carbocycles. The molecule has 0 bridgehead atoms. The van der Waals surface area contributed by atoms with Gasteiger partial charge in [-0.3, -0.25) is 4.79 Å². The lowest BCUT2D eigenvalue weighted by molar-refractivity contribution is 0.0924. The first-order valence-electron chi connectivity index (χ1n) is 7.23. The number of rotatable bonds is 3. The Hall–Kier alpha value is -1.92. The number of piperidine rings is 1. The number of carbonyl (C=O) groups excluding carboxylic acids is 1. The summed E-state index contributed by atoms with van der Waals surface area (Å²) in [4.78, 5) is 12.2. The Bertz CT molecular complexity index is 619. The Kier molecular flexibility index (Phi) is 5.51. The van der Waals surface area contributed by atoms with Crippen LogP contribution in [0.1, 0.15) is 28.9 Å². The molecule has 0 atom stereocenters. The standard InChI is InChI=1S/C15H19N5O.ClH/c1-11-2-4-13(5-3-11)20-10-14(18-19-20)15(21)17-12-6-8-16-9-7-12;/h2-5,10,12,16H,6-9H2,1H3,(H,17,21);1H. The van der Waals surface area contributed by atoms with E-state index in [1.54, 1.807) is 10.9 Å². The second kappa shape index (κ2) is 7.38. The first kappa shape index (κ1) is 16.5. The molecule has 7 heteroatoms. The third-order valence-electron chi connectivity index (χ3n) is 3.70. The van der Waals surface area contributed by atoms with Crippen molar-refractivity contribution in [2.45, 2.75) is 25.8 Å². The molecule has 6 nitrogen and oxygen atoms in total. The van der Waals surface area contributed by atoms with Gasteiger partial charge in [-0.05, 0) is 45.0 Å². The Morgan fingerprint density at radius 3 is 2.64 bits per heavy atom. The summed E-state index contributed by atoms with van der Waals surface area (Å²) in [6.45, 7) is 3.92. The fourth-order valence-electron chi connectivity index (χ4n) is 2.42. The molecule has 2 heterocycles. The Morgan fingerprint density at radius 1 is 1.27 bits per heavy atom. The van der Waals surface area contributed by atoms with Crippen LogP contribution in [0.25, 0.3) is 5.69 Å². The van der Waals surface area contributed by atoms with E-state index in [0.29, 0.717) is 5.69 Å². The first-order chi connectivity index (χ1) is 10.2. The Labute approximate surface area is 135 Å². The van der Waals surface area contributed by atoms with E-state index in [4.69, 9.17) is 0 Å². The summed E-state index contributed by atoms with van der Waals surface area (Å²) >= 11 is 0. The van der Waals surface area contributed by atoms with Crippen LogP contribution in [-0.2, 0) is 0 Å². The minimum Gasteiger partial charge on any atom is -0.348 e. The quantitative estimate of drug-likeness (QED) is 0.898. The van der Waals surface area contributed by atoms with Gasteiger partial charge < -0.3 is 10.6 Å². The molecule has 1 fully saturated rings. The summed E-state index contributed by atoms with van der Waals surface area (Å²) in [5, 5.41) is 14.3. The van der Waals surface area contributed by atoms with Crippen molar-refractivity contribution in [2.24, 2.45) is 0 Å². The molecule has 2 N–H and O–H groups in total. The second-order valence-electron chi connectivity index (χ2n) is 5.38. The second-order valence-corrected chi connectivity index (χ2v) is 5.38. The van der Waals surface area contributed by atoms with E-state index in [9.17, 15) is 4.79 Å². The normalized spacial score (nSPS) is 15.1. The van der Waals surface area contributed by atoms with Crippen LogP contribution in [0.4, 0.5) is 0 Å². The van der Waals surface area contributed by atoms with Crippen LogP contribution in [0.3, 0.4) is 0 Å². The lowest BCUT2D eigenvalue weighted by Gasteiger charge is -2.23.